The van der Waals surface area contributed by atoms with E-state index in [0.29, 0.717) is 46.9 Å². The third-order valence-electron chi connectivity index (χ3n) is 6.86. The maximum absolute atomic E-state index is 11.2. The third kappa shape index (κ3) is 6.70. The van der Waals surface area contributed by atoms with Gasteiger partial charge in [0.1, 0.15) is 11.5 Å². The summed E-state index contributed by atoms with van der Waals surface area (Å²) >= 11 is 0. The summed E-state index contributed by atoms with van der Waals surface area (Å²) in [6.07, 6.45) is 3.82. The lowest BCUT2D eigenvalue weighted by molar-refractivity contribution is 0.290. The number of tetrazole rings is 2. The Labute approximate surface area is 247 Å². The number of benzene rings is 3. The molecule has 2 aromatic heterocycles. The molecular formula is C29H31N11O3. The zero-order valence-electron chi connectivity index (χ0n) is 23.9. The Kier molecular flexibility index (Phi) is 8.77. The number of aromatic hydroxyl groups is 2. The fourth-order valence-corrected chi connectivity index (χ4v) is 4.59. The Hall–Kier alpha value is -5.50. The predicted octanol–water partition coefficient (Wildman–Crippen LogP) is 2.45. The number of hydrogen-bond donors (Lipinski definition) is 3. The molecule has 0 spiro atoms. The van der Waals surface area contributed by atoms with Gasteiger partial charge in [0.2, 0.25) is 0 Å². The minimum absolute atomic E-state index is 0.0441. The number of rotatable bonds is 11. The number of aryl methyl sites for hydroxylation is 2. The Morgan fingerprint density at radius 2 is 1.37 bits per heavy atom. The minimum Gasteiger partial charge on any atom is -0.508 e. The molecule has 220 valence electrons. The van der Waals surface area contributed by atoms with Crippen LogP contribution in [0.25, 0.3) is 0 Å². The topological polar surface area (TPSA) is 176 Å². The van der Waals surface area contributed by atoms with Gasteiger partial charge in [0, 0.05) is 42.9 Å². The normalized spacial score (nSPS) is 11.7. The molecule has 0 saturated heterocycles. The standard InChI is InChI=1S/C29H31N11O3/c1-19-32-34-36-39(19)30-17-21-8-10-27(42)25(14-21)29(23-6-4-7-24(16-23)38(3)12-5-13-41)26-15-22(9-11-28(26)43)18-31-40-20(2)33-35-37-40/h4,6-11,14-18,29,41-43H,5,12-13H2,1-3H3/b30-17+,31-18+. The number of aliphatic hydroxyl groups is 1. The maximum atomic E-state index is 11.2. The summed E-state index contributed by atoms with van der Waals surface area (Å²) < 4.78 is 0. The summed E-state index contributed by atoms with van der Waals surface area (Å²) in [4.78, 5) is 4.65. The molecular weight excluding hydrogens is 550 g/mol. The summed E-state index contributed by atoms with van der Waals surface area (Å²) in [6, 6.07) is 18.1. The molecule has 0 atom stereocenters. The molecule has 0 amide bonds. The van der Waals surface area contributed by atoms with E-state index in [2.05, 4.69) is 41.3 Å². The smallest absolute Gasteiger partial charge is 0.173 e. The van der Waals surface area contributed by atoms with Gasteiger partial charge < -0.3 is 20.2 Å². The molecule has 0 unspecified atom stereocenters. The predicted molar refractivity (Wildman–Crippen MR) is 160 cm³/mol. The summed E-state index contributed by atoms with van der Waals surface area (Å²) in [5, 5.41) is 62.9. The second-order valence-electron chi connectivity index (χ2n) is 9.88. The van der Waals surface area contributed by atoms with E-state index >= 15 is 0 Å². The van der Waals surface area contributed by atoms with Crippen LogP contribution in [0, 0.1) is 13.8 Å². The van der Waals surface area contributed by atoms with Crippen LogP contribution in [-0.2, 0) is 0 Å². The highest BCUT2D eigenvalue weighted by Crippen LogP contribution is 2.41. The van der Waals surface area contributed by atoms with Crippen molar-refractivity contribution in [2.75, 3.05) is 25.1 Å². The van der Waals surface area contributed by atoms with E-state index in [-0.39, 0.29) is 18.1 Å². The Bertz CT molecular complexity index is 1660. The fraction of sp³-hybridized carbons (Fsp3) is 0.241. The molecule has 43 heavy (non-hydrogen) atoms. The monoisotopic (exact) mass is 581 g/mol. The van der Waals surface area contributed by atoms with Gasteiger partial charge in [-0.25, -0.2) is 0 Å². The molecule has 5 rings (SSSR count). The van der Waals surface area contributed by atoms with Gasteiger partial charge in [-0.3, -0.25) is 0 Å². The number of hydrogen-bond acceptors (Lipinski definition) is 12. The van der Waals surface area contributed by atoms with Crippen molar-refractivity contribution in [2.45, 2.75) is 26.2 Å². The lowest BCUT2D eigenvalue weighted by atomic mass is 9.82. The number of nitrogens with zero attached hydrogens (tertiary/aromatic N) is 11. The van der Waals surface area contributed by atoms with E-state index in [9.17, 15) is 15.3 Å². The molecule has 3 N–H and O–H groups in total. The van der Waals surface area contributed by atoms with Crippen molar-refractivity contribution >= 4 is 18.1 Å². The molecule has 0 fully saturated rings. The van der Waals surface area contributed by atoms with Gasteiger partial charge in [-0.05, 0) is 106 Å². The first kappa shape index (κ1) is 29.0. The van der Waals surface area contributed by atoms with Crippen LogP contribution in [0.3, 0.4) is 0 Å². The zero-order valence-corrected chi connectivity index (χ0v) is 23.9. The SMILES string of the molecule is Cc1nnnn1/N=C/c1ccc(O)c(C(c2cccc(N(C)CCCO)c2)c2cc(/C=N/n3nnnc3C)ccc2O)c1. The summed E-state index contributed by atoms with van der Waals surface area (Å²) in [5.41, 5.74) is 4.23. The van der Waals surface area contributed by atoms with Crippen LogP contribution in [0.15, 0.2) is 70.9 Å². The van der Waals surface area contributed by atoms with E-state index in [1.807, 2.05) is 48.3 Å². The molecule has 14 nitrogen and oxygen atoms in total. The molecule has 0 radical (unpaired) electrons. The lowest BCUT2D eigenvalue weighted by Gasteiger charge is -2.24. The Morgan fingerprint density at radius 1 is 0.814 bits per heavy atom. The quantitative estimate of drug-likeness (QED) is 0.155. The third-order valence-corrected chi connectivity index (χ3v) is 6.86. The second-order valence-corrected chi connectivity index (χ2v) is 9.88. The first-order valence-electron chi connectivity index (χ1n) is 13.5. The van der Waals surface area contributed by atoms with Gasteiger partial charge in [-0.15, -0.1) is 19.8 Å². The fourth-order valence-electron chi connectivity index (χ4n) is 4.59. The largest absolute Gasteiger partial charge is 0.508 e. The van der Waals surface area contributed by atoms with E-state index in [1.165, 1.54) is 9.58 Å². The van der Waals surface area contributed by atoms with Gasteiger partial charge in [-0.2, -0.15) is 10.2 Å². The number of anilines is 1. The van der Waals surface area contributed by atoms with Crippen LogP contribution in [0.2, 0.25) is 0 Å². The molecule has 3 aromatic carbocycles. The highest BCUT2D eigenvalue weighted by Gasteiger charge is 2.24. The van der Waals surface area contributed by atoms with E-state index in [0.717, 1.165) is 11.3 Å². The van der Waals surface area contributed by atoms with Crippen molar-refractivity contribution in [1.29, 1.82) is 0 Å². The highest BCUT2D eigenvalue weighted by molar-refractivity contribution is 5.82. The zero-order chi connectivity index (χ0) is 30.3. The number of phenols is 2. The van der Waals surface area contributed by atoms with Crippen molar-refractivity contribution < 1.29 is 15.3 Å². The van der Waals surface area contributed by atoms with Gasteiger partial charge >= 0.3 is 0 Å². The molecule has 14 heteroatoms. The molecule has 0 aliphatic heterocycles. The number of aliphatic hydroxyl groups excluding tert-OH is 1. The molecule has 0 bridgehead atoms. The van der Waals surface area contributed by atoms with Gasteiger partial charge in [0.25, 0.3) is 0 Å². The first-order valence-corrected chi connectivity index (χ1v) is 13.5. The van der Waals surface area contributed by atoms with Crippen LogP contribution >= 0.6 is 0 Å². The molecule has 0 saturated carbocycles. The average molecular weight is 582 g/mol. The van der Waals surface area contributed by atoms with Crippen LogP contribution in [0.4, 0.5) is 5.69 Å². The van der Waals surface area contributed by atoms with Crippen molar-refractivity contribution in [3.05, 3.63) is 100 Å². The minimum atomic E-state index is -0.586. The van der Waals surface area contributed by atoms with Crippen LogP contribution in [0.5, 0.6) is 11.5 Å². The Morgan fingerprint density at radius 3 is 1.86 bits per heavy atom. The number of phenolic OH excluding ortho intramolecular Hbond substituents is 2. The van der Waals surface area contributed by atoms with E-state index in [1.54, 1.807) is 50.5 Å². The van der Waals surface area contributed by atoms with Crippen molar-refractivity contribution in [3.63, 3.8) is 0 Å². The van der Waals surface area contributed by atoms with Crippen LogP contribution < -0.4 is 4.90 Å². The molecule has 5 aromatic rings. The van der Waals surface area contributed by atoms with E-state index < -0.39 is 5.92 Å². The van der Waals surface area contributed by atoms with Gasteiger partial charge in [-0.1, -0.05) is 12.1 Å². The van der Waals surface area contributed by atoms with Gasteiger partial charge in [0.15, 0.2) is 11.6 Å². The number of aromatic nitrogens is 8. The van der Waals surface area contributed by atoms with Crippen LogP contribution in [-0.4, -0.2) is 88.6 Å². The van der Waals surface area contributed by atoms with Crippen molar-refractivity contribution in [3.8, 4) is 11.5 Å². The van der Waals surface area contributed by atoms with Crippen LogP contribution in [0.1, 0.15) is 51.8 Å². The first-order chi connectivity index (χ1) is 20.8. The maximum Gasteiger partial charge on any atom is 0.173 e. The lowest BCUT2D eigenvalue weighted by Crippen LogP contribution is -2.19. The summed E-state index contributed by atoms with van der Waals surface area (Å²) in [5.74, 6) is 0.550. The highest BCUT2D eigenvalue weighted by atomic mass is 16.3. The second kappa shape index (κ2) is 13.0. The van der Waals surface area contributed by atoms with Crippen molar-refractivity contribution in [1.82, 2.24) is 40.6 Å². The van der Waals surface area contributed by atoms with Crippen molar-refractivity contribution in [2.24, 2.45) is 10.2 Å². The average Bonchev–Trinajstić information content (AvgIpc) is 3.63. The molecule has 0 aliphatic carbocycles. The summed E-state index contributed by atoms with van der Waals surface area (Å²) in [6.45, 7) is 4.22. The summed E-state index contributed by atoms with van der Waals surface area (Å²) in [7, 11) is 1.95. The molecule has 2 heterocycles. The van der Waals surface area contributed by atoms with Gasteiger partial charge in [0.05, 0.1) is 12.4 Å². The van der Waals surface area contributed by atoms with E-state index in [4.69, 9.17) is 0 Å². The molecule has 0 aliphatic rings. The Balaban J connectivity index is 1.62.